The maximum absolute atomic E-state index is 12.9. The lowest BCUT2D eigenvalue weighted by atomic mass is 10.2. The molecule has 2 rings (SSSR count). The molecule has 6 heteroatoms. The zero-order valence-electron chi connectivity index (χ0n) is 14.3. The topological polar surface area (TPSA) is 61.8 Å². The van der Waals surface area contributed by atoms with Crippen LogP contribution in [0.25, 0.3) is 0 Å². The summed E-state index contributed by atoms with van der Waals surface area (Å²) in [5.74, 6) is -0.127. The summed E-state index contributed by atoms with van der Waals surface area (Å²) in [4.78, 5) is 12.2. The van der Waals surface area contributed by atoms with Gasteiger partial charge in [-0.15, -0.1) is 0 Å². The Morgan fingerprint density at radius 2 is 1.71 bits per heavy atom. The minimum Gasteiger partial charge on any atom is -0.376 e. The first-order valence-electron chi connectivity index (χ1n) is 8.37. The van der Waals surface area contributed by atoms with Crippen molar-refractivity contribution in [2.75, 3.05) is 19.8 Å². The van der Waals surface area contributed by atoms with E-state index >= 15 is 0 Å². The minimum atomic E-state index is -3.51. The van der Waals surface area contributed by atoms with Crippen LogP contribution in [-0.2, 0) is 29.8 Å². The highest BCUT2D eigenvalue weighted by Crippen LogP contribution is 2.60. The quantitative estimate of drug-likeness (QED) is 0.459. The predicted molar refractivity (Wildman–Crippen MR) is 92.8 cm³/mol. The second-order valence-corrected chi connectivity index (χ2v) is 7.46. The van der Waals surface area contributed by atoms with Crippen molar-refractivity contribution in [1.82, 2.24) is 0 Å². The van der Waals surface area contributed by atoms with E-state index in [1.54, 1.807) is 13.8 Å². The highest BCUT2D eigenvalue weighted by atomic mass is 31.2. The zero-order valence-corrected chi connectivity index (χ0v) is 15.2. The van der Waals surface area contributed by atoms with Gasteiger partial charge in [0, 0.05) is 6.42 Å². The lowest BCUT2D eigenvalue weighted by Gasteiger charge is -2.19. The number of hydrogen-bond acceptors (Lipinski definition) is 5. The number of benzene rings is 1. The Balaban J connectivity index is 2.01. The molecule has 0 unspecified atom stereocenters. The Bertz CT molecular complexity index is 614. The number of allylic oxidation sites excluding steroid dienone is 1. The van der Waals surface area contributed by atoms with E-state index in [-0.39, 0.29) is 24.3 Å². The van der Waals surface area contributed by atoms with Crippen molar-refractivity contribution in [2.24, 2.45) is 0 Å². The molecule has 0 spiro atoms. The van der Waals surface area contributed by atoms with E-state index in [4.69, 9.17) is 13.8 Å². The largest absolute Gasteiger partial charge is 0.376 e. The highest BCUT2D eigenvalue weighted by molar-refractivity contribution is 7.60. The van der Waals surface area contributed by atoms with Gasteiger partial charge in [-0.3, -0.25) is 9.36 Å². The number of hydrogen-bond donors (Lipinski definition) is 0. The summed E-state index contributed by atoms with van der Waals surface area (Å²) in [6.45, 7) is 4.96. The standard InChI is InChI=1S/C18H25O5P/c1-3-22-24(20,23-4-2)18-16(10-11-17(18)19)12-13-21-14-15-8-6-5-7-9-15/h5-9H,3-4,10-14H2,1-2H3. The van der Waals surface area contributed by atoms with E-state index < -0.39 is 7.60 Å². The van der Waals surface area contributed by atoms with Gasteiger partial charge in [-0.1, -0.05) is 30.3 Å². The third-order valence-electron chi connectivity index (χ3n) is 3.78. The van der Waals surface area contributed by atoms with Gasteiger partial charge in [0.15, 0.2) is 5.78 Å². The molecule has 0 aromatic heterocycles. The molecule has 0 atom stereocenters. The second kappa shape index (κ2) is 9.28. The fourth-order valence-corrected chi connectivity index (χ4v) is 4.79. The molecule has 0 saturated carbocycles. The summed E-state index contributed by atoms with van der Waals surface area (Å²) in [6.07, 6.45) is 1.54. The van der Waals surface area contributed by atoms with E-state index in [2.05, 4.69) is 0 Å². The molecule has 0 N–H and O–H groups in total. The predicted octanol–water partition coefficient (Wildman–Crippen LogP) is 4.48. The summed E-state index contributed by atoms with van der Waals surface area (Å²) < 4.78 is 29.3. The minimum absolute atomic E-state index is 0.127. The van der Waals surface area contributed by atoms with Crippen molar-refractivity contribution in [2.45, 2.75) is 39.7 Å². The Hall–Kier alpha value is -1.26. The molecule has 0 fully saturated rings. The van der Waals surface area contributed by atoms with Crippen LogP contribution in [-0.4, -0.2) is 25.6 Å². The molecular formula is C18H25O5P. The Morgan fingerprint density at radius 3 is 2.33 bits per heavy atom. The first-order chi connectivity index (χ1) is 11.6. The molecule has 0 radical (unpaired) electrons. The monoisotopic (exact) mass is 352 g/mol. The van der Waals surface area contributed by atoms with Crippen LogP contribution >= 0.6 is 7.60 Å². The fourth-order valence-electron chi connectivity index (χ4n) is 2.75. The van der Waals surface area contributed by atoms with Gasteiger partial charge in [0.25, 0.3) is 0 Å². The van der Waals surface area contributed by atoms with Crippen LogP contribution in [0, 0.1) is 0 Å². The van der Waals surface area contributed by atoms with E-state index in [0.717, 1.165) is 11.1 Å². The first kappa shape index (κ1) is 19.1. The Labute approximate surface area is 143 Å². The molecule has 5 nitrogen and oxygen atoms in total. The third kappa shape index (κ3) is 4.87. The van der Waals surface area contributed by atoms with Crippen LogP contribution in [0.2, 0.25) is 0 Å². The van der Waals surface area contributed by atoms with Gasteiger partial charge < -0.3 is 13.8 Å². The molecule has 1 aromatic rings. The van der Waals surface area contributed by atoms with Crippen molar-refractivity contribution >= 4 is 13.4 Å². The van der Waals surface area contributed by atoms with Crippen LogP contribution in [0.4, 0.5) is 0 Å². The van der Waals surface area contributed by atoms with E-state index in [1.165, 1.54) is 0 Å². The average molecular weight is 352 g/mol. The Kier molecular flexibility index (Phi) is 7.38. The second-order valence-electron chi connectivity index (χ2n) is 5.50. The molecule has 0 heterocycles. The summed E-state index contributed by atoms with van der Waals surface area (Å²) in [5, 5.41) is 0.259. The maximum atomic E-state index is 12.9. The fraction of sp³-hybridized carbons (Fsp3) is 0.500. The number of Topliss-reactive ketones (excluding diaryl/α,β-unsaturated/α-hetero) is 1. The number of carbonyl (C=O) groups is 1. The molecule has 0 bridgehead atoms. The van der Waals surface area contributed by atoms with Gasteiger partial charge >= 0.3 is 7.60 Å². The lowest BCUT2D eigenvalue weighted by molar-refractivity contribution is -0.114. The van der Waals surface area contributed by atoms with Crippen molar-refractivity contribution in [1.29, 1.82) is 0 Å². The molecular weight excluding hydrogens is 327 g/mol. The van der Waals surface area contributed by atoms with Gasteiger partial charge in [-0.2, -0.15) is 0 Å². The van der Waals surface area contributed by atoms with Crippen LogP contribution in [0.1, 0.15) is 38.7 Å². The highest BCUT2D eigenvalue weighted by Gasteiger charge is 2.40. The molecule has 132 valence electrons. The van der Waals surface area contributed by atoms with Crippen molar-refractivity contribution in [3.8, 4) is 0 Å². The van der Waals surface area contributed by atoms with Crippen LogP contribution < -0.4 is 0 Å². The number of carbonyl (C=O) groups excluding carboxylic acids is 1. The molecule has 0 aliphatic heterocycles. The third-order valence-corrected chi connectivity index (χ3v) is 6.09. The van der Waals surface area contributed by atoms with Gasteiger partial charge in [-0.25, -0.2) is 0 Å². The lowest BCUT2D eigenvalue weighted by Crippen LogP contribution is -2.06. The van der Waals surface area contributed by atoms with Gasteiger partial charge in [0.05, 0.1) is 26.4 Å². The smallest absolute Gasteiger partial charge is 0.364 e. The molecule has 1 aliphatic carbocycles. The van der Waals surface area contributed by atoms with Crippen molar-refractivity contribution in [3.63, 3.8) is 0 Å². The molecule has 24 heavy (non-hydrogen) atoms. The van der Waals surface area contributed by atoms with Crippen molar-refractivity contribution in [3.05, 3.63) is 46.8 Å². The van der Waals surface area contributed by atoms with Gasteiger partial charge in [0.2, 0.25) is 0 Å². The molecule has 1 aliphatic rings. The number of ketones is 1. The van der Waals surface area contributed by atoms with Crippen LogP contribution in [0.15, 0.2) is 41.2 Å². The Morgan fingerprint density at radius 1 is 1.04 bits per heavy atom. The SMILES string of the molecule is CCOP(=O)(OCC)C1=C(CCOCc2ccccc2)CCC1=O. The van der Waals surface area contributed by atoms with E-state index in [9.17, 15) is 9.36 Å². The van der Waals surface area contributed by atoms with Crippen molar-refractivity contribution < 1.29 is 23.1 Å². The van der Waals surface area contributed by atoms with Gasteiger partial charge in [-0.05, 0) is 37.8 Å². The summed E-state index contributed by atoms with van der Waals surface area (Å²) >= 11 is 0. The van der Waals surface area contributed by atoms with E-state index in [1.807, 2.05) is 30.3 Å². The molecule has 0 saturated heterocycles. The molecule has 0 amide bonds. The van der Waals surface area contributed by atoms with Gasteiger partial charge in [0.1, 0.15) is 5.31 Å². The summed E-state index contributed by atoms with van der Waals surface area (Å²) in [5.41, 5.74) is 1.95. The normalized spacial score (nSPS) is 15.3. The maximum Gasteiger partial charge on any atom is 0.364 e. The average Bonchev–Trinajstić information content (AvgIpc) is 2.94. The number of rotatable bonds is 10. The summed E-state index contributed by atoms with van der Waals surface area (Å²) in [6, 6.07) is 9.90. The van der Waals surface area contributed by atoms with Crippen LogP contribution in [0.5, 0.6) is 0 Å². The summed E-state index contributed by atoms with van der Waals surface area (Å²) in [7, 11) is -3.51. The first-order valence-corrected chi connectivity index (χ1v) is 9.91. The zero-order chi connectivity index (χ0) is 17.4. The van der Waals surface area contributed by atoms with Crippen LogP contribution in [0.3, 0.4) is 0 Å². The van der Waals surface area contributed by atoms with E-state index in [0.29, 0.717) is 32.5 Å². The number of ether oxygens (including phenoxy) is 1. The molecule has 1 aromatic carbocycles.